The number of benzene rings is 2. The van der Waals surface area contributed by atoms with E-state index in [1.54, 1.807) is 6.07 Å². The summed E-state index contributed by atoms with van der Waals surface area (Å²) in [4.78, 5) is 21.8. The third-order valence-corrected chi connectivity index (χ3v) is 6.30. The van der Waals surface area contributed by atoms with Crippen LogP contribution < -0.4 is 10.3 Å². The van der Waals surface area contributed by atoms with Crippen LogP contribution in [0.4, 0.5) is 5.82 Å². The first-order valence-corrected chi connectivity index (χ1v) is 11.2. The Morgan fingerprint density at radius 3 is 2.79 bits per heavy atom. The van der Waals surface area contributed by atoms with Crippen LogP contribution in [-0.4, -0.2) is 51.3 Å². The van der Waals surface area contributed by atoms with Gasteiger partial charge in [-0.05, 0) is 24.1 Å². The molecule has 0 spiro atoms. The number of pyridine rings is 1. The molecule has 8 heteroatoms. The van der Waals surface area contributed by atoms with Crippen LogP contribution in [0.15, 0.2) is 65.7 Å². The monoisotopic (exact) mass is 440 g/mol. The molecule has 166 valence electrons. The third kappa shape index (κ3) is 3.68. The molecule has 2 aromatic carbocycles. The Balaban J connectivity index is 1.31. The summed E-state index contributed by atoms with van der Waals surface area (Å²) in [5.74, 6) is 0.815. The van der Waals surface area contributed by atoms with Gasteiger partial charge < -0.3 is 19.6 Å². The van der Waals surface area contributed by atoms with Gasteiger partial charge in [-0.3, -0.25) is 9.48 Å². The van der Waals surface area contributed by atoms with Crippen molar-refractivity contribution in [3.8, 4) is 11.3 Å². The minimum atomic E-state index is -0.00109. The van der Waals surface area contributed by atoms with Crippen molar-refractivity contribution in [3.63, 3.8) is 0 Å². The maximum Gasteiger partial charge on any atom is 0.191 e. The van der Waals surface area contributed by atoms with E-state index in [9.17, 15) is 4.79 Å². The lowest BCUT2D eigenvalue weighted by Gasteiger charge is -2.28. The fourth-order valence-corrected chi connectivity index (χ4v) is 4.55. The second-order valence-electron chi connectivity index (χ2n) is 8.32. The number of nitrogens with one attached hydrogen (secondary N) is 2. The Labute approximate surface area is 189 Å². The van der Waals surface area contributed by atoms with Gasteiger partial charge in [0.05, 0.1) is 24.9 Å². The van der Waals surface area contributed by atoms with E-state index in [0.29, 0.717) is 18.6 Å². The molecule has 0 aliphatic carbocycles. The average molecular weight is 441 g/mol. The Morgan fingerprint density at radius 1 is 1.03 bits per heavy atom. The van der Waals surface area contributed by atoms with Gasteiger partial charge in [0, 0.05) is 53.8 Å². The van der Waals surface area contributed by atoms with Gasteiger partial charge >= 0.3 is 0 Å². The Kier molecular flexibility index (Phi) is 4.92. The lowest BCUT2D eigenvalue weighted by atomic mass is 10.1. The van der Waals surface area contributed by atoms with Crippen molar-refractivity contribution in [2.75, 3.05) is 31.2 Å². The number of rotatable bonds is 5. The SMILES string of the molecule is O=c1cc(N2CCOCC2)[nH]c2c(-c3cn(CCc4c[nH]c5ccccc45)nn3)cccc12. The molecule has 0 bridgehead atoms. The molecule has 0 saturated carbocycles. The lowest BCUT2D eigenvalue weighted by molar-refractivity contribution is 0.122. The van der Waals surface area contributed by atoms with Gasteiger partial charge in [-0.1, -0.05) is 35.5 Å². The summed E-state index contributed by atoms with van der Waals surface area (Å²) in [6, 6.07) is 15.7. The Hall–Kier alpha value is -3.91. The maximum atomic E-state index is 12.8. The quantitative estimate of drug-likeness (QED) is 0.437. The summed E-state index contributed by atoms with van der Waals surface area (Å²) in [5, 5.41) is 10.7. The van der Waals surface area contributed by atoms with Gasteiger partial charge in [0.25, 0.3) is 0 Å². The van der Waals surface area contributed by atoms with Crippen LogP contribution in [0, 0.1) is 0 Å². The molecule has 6 rings (SSSR count). The van der Waals surface area contributed by atoms with Crippen molar-refractivity contribution in [2.45, 2.75) is 13.0 Å². The zero-order valence-electron chi connectivity index (χ0n) is 18.1. The summed E-state index contributed by atoms with van der Waals surface area (Å²) >= 11 is 0. The minimum absolute atomic E-state index is 0.00109. The maximum absolute atomic E-state index is 12.8. The molecule has 4 heterocycles. The van der Waals surface area contributed by atoms with E-state index in [2.05, 4.69) is 49.6 Å². The zero-order valence-corrected chi connectivity index (χ0v) is 18.1. The number of hydrogen-bond acceptors (Lipinski definition) is 5. The number of aromatic amines is 2. The van der Waals surface area contributed by atoms with E-state index < -0.39 is 0 Å². The third-order valence-electron chi connectivity index (χ3n) is 6.30. The molecule has 0 unspecified atom stereocenters. The standard InChI is InChI=1S/C25H24N6O2/c32-23-14-24(30-10-12-33-13-11-30)27-25-19(5-3-6-20(23)25)22-16-31(29-28-22)9-8-17-15-26-21-7-2-1-4-18(17)21/h1-7,14-16,26H,8-13H2,(H,27,32). The second-order valence-corrected chi connectivity index (χ2v) is 8.32. The zero-order chi connectivity index (χ0) is 22.2. The number of fused-ring (bicyclic) bond motifs is 2. The molecule has 5 aromatic rings. The topological polar surface area (TPSA) is 91.8 Å². The Bertz CT molecular complexity index is 1490. The van der Waals surface area contributed by atoms with E-state index in [0.717, 1.165) is 54.2 Å². The molecule has 1 fully saturated rings. The highest BCUT2D eigenvalue weighted by Gasteiger charge is 2.16. The number of aromatic nitrogens is 5. The van der Waals surface area contributed by atoms with Gasteiger partial charge in [0.2, 0.25) is 0 Å². The predicted octanol–water partition coefficient (Wildman–Crippen LogP) is 3.35. The van der Waals surface area contributed by atoms with Crippen molar-refractivity contribution in [3.05, 3.63) is 76.7 Å². The van der Waals surface area contributed by atoms with Crippen LogP contribution in [0.1, 0.15) is 5.56 Å². The fraction of sp³-hybridized carbons (Fsp3) is 0.240. The number of para-hydroxylation sites is 2. The Morgan fingerprint density at radius 2 is 1.88 bits per heavy atom. The smallest absolute Gasteiger partial charge is 0.191 e. The van der Waals surface area contributed by atoms with Crippen molar-refractivity contribution in [2.24, 2.45) is 0 Å². The van der Waals surface area contributed by atoms with Crippen LogP contribution >= 0.6 is 0 Å². The van der Waals surface area contributed by atoms with E-state index in [1.165, 1.54) is 10.9 Å². The normalized spacial score (nSPS) is 14.4. The number of anilines is 1. The minimum Gasteiger partial charge on any atom is -0.378 e. The highest BCUT2D eigenvalue weighted by Crippen LogP contribution is 2.26. The number of ether oxygens (including phenoxy) is 1. The van der Waals surface area contributed by atoms with Crippen molar-refractivity contribution < 1.29 is 4.74 Å². The molecule has 3 aromatic heterocycles. The largest absolute Gasteiger partial charge is 0.378 e. The number of morpholine rings is 1. The average Bonchev–Trinajstić information content (AvgIpc) is 3.50. The highest BCUT2D eigenvalue weighted by molar-refractivity contribution is 5.93. The summed E-state index contributed by atoms with van der Waals surface area (Å²) < 4.78 is 7.31. The summed E-state index contributed by atoms with van der Waals surface area (Å²) in [6.45, 7) is 3.55. The number of hydrogen-bond donors (Lipinski definition) is 2. The molecule has 1 aliphatic rings. The molecule has 2 N–H and O–H groups in total. The molecule has 0 amide bonds. The van der Waals surface area contributed by atoms with Gasteiger partial charge in [-0.15, -0.1) is 5.10 Å². The van der Waals surface area contributed by atoms with Crippen molar-refractivity contribution >= 4 is 27.6 Å². The van der Waals surface area contributed by atoms with Gasteiger partial charge in [0.15, 0.2) is 5.43 Å². The first-order valence-electron chi connectivity index (χ1n) is 11.2. The fourth-order valence-electron chi connectivity index (χ4n) is 4.55. The molecule has 0 atom stereocenters. The van der Waals surface area contributed by atoms with E-state index >= 15 is 0 Å². The van der Waals surface area contributed by atoms with Gasteiger partial charge in [0.1, 0.15) is 11.5 Å². The van der Waals surface area contributed by atoms with Gasteiger partial charge in [-0.2, -0.15) is 0 Å². The second kappa shape index (κ2) is 8.22. The van der Waals surface area contributed by atoms with E-state index in [1.807, 2.05) is 35.1 Å². The van der Waals surface area contributed by atoms with Crippen molar-refractivity contribution in [1.29, 1.82) is 0 Å². The molecule has 8 nitrogen and oxygen atoms in total. The molecule has 0 radical (unpaired) electrons. The number of nitrogens with zero attached hydrogens (tertiary/aromatic N) is 4. The van der Waals surface area contributed by atoms with Crippen LogP contribution in [0.25, 0.3) is 33.1 Å². The van der Waals surface area contributed by atoms with E-state index in [-0.39, 0.29) is 5.43 Å². The summed E-state index contributed by atoms with van der Waals surface area (Å²) in [7, 11) is 0. The predicted molar refractivity (Wildman–Crippen MR) is 129 cm³/mol. The van der Waals surface area contributed by atoms with Crippen LogP contribution in [-0.2, 0) is 17.7 Å². The van der Waals surface area contributed by atoms with Crippen LogP contribution in [0.3, 0.4) is 0 Å². The number of H-pyrrole nitrogens is 2. The summed E-state index contributed by atoms with van der Waals surface area (Å²) in [6.07, 6.45) is 4.86. The van der Waals surface area contributed by atoms with Crippen molar-refractivity contribution in [1.82, 2.24) is 25.0 Å². The molecular formula is C25H24N6O2. The number of aryl methyl sites for hydroxylation is 2. The first-order chi connectivity index (χ1) is 16.3. The molecule has 33 heavy (non-hydrogen) atoms. The first kappa shape index (κ1) is 19.8. The molecule has 1 saturated heterocycles. The lowest BCUT2D eigenvalue weighted by Crippen LogP contribution is -2.37. The molecular weight excluding hydrogens is 416 g/mol. The van der Waals surface area contributed by atoms with E-state index in [4.69, 9.17) is 4.74 Å². The van der Waals surface area contributed by atoms with Crippen LogP contribution in [0.2, 0.25) is 0 Å². The summed E-state index contributed by atoms with van der Waals surface area (Å²) in [5.41, 5.74) is 4.80. The molecule has 1 aliphatic heterocycles. The van der Waals surface area contributed by atoms with Gasteiger partial charge in [-0.25, -0.2) is 0 Å². The highest BCUT2D eigenvalue weighted by atomic mass is 16.5. The van der Waals surface area contributed by atoms with Crippen LogP contribution in [0.5, 0.6) is 0 Å².